The van der Waals surface area contributed by atoms with Gasteiger partial charge in [0.05, 0.1) is 5.56 Å². The van der Waals surface area contributed by atoms with Crippen LogP contribution in [0.1, 0.15) is 72.4 Å². The minimum atomic E-state index is -0.374. The van der Waals surface area contributed by atoms with Gasteiger partial charge in [0, 0.05) is 5.56 Å². The molecule has 0 saturated carbocycles. The SMILES string of the molecule is CC1(C)CCC(C)(C)c2cc(C(=O)Oc3ccc(C=O)cc3)ccc21. The fourth-order valence-corrected chi connectivity index (χ4v) is 3.50. The van der Waals surface area contributed by atoms with Gasteiger partial charge in [0.2, 0.25) is 0 Å². The smallest absolute Gasteiger partial charge is 0.343 e. The Kier molecular flexibility index (Phi) is 4.28. The van der Waals surface area contributed by atoms with Crippen LogP contribution in [0.3, 0.4) is 0 Å². The van der Waals surface area contributed by atoms with Crippen LogP contribution in [0.15, 0.2) is 42.5 Å². The number of carbonyl (C=O) groups is 2. The van der Waals surface area contributed by atoms with Crippen molar-refractivity contribution >= 4 is 12.3 Å². The minimum Gasteiger partial charge on any atom is -0.423 e. The molecule has 0 radical (unpaired) electrons. The first-order chi connectivity index (χ1) is 11.7. The molecule has 25 heavy (non-hydrogen) atoms. The molecule has 0 amide bonds. The highest BCUT2D eigenvalue weighted by atomic mass is 16.5. The van der Waals surface area contributed by atoms with Gasteiger partial charge in [-0.3, -0.25) is 4.79 Å². The molecule has 0 aromatic heterocycles. The fourth-order valence-electron chi connectivity index (χ4n) is 3.50. The number of aldehydes is 1. The molecule has 3 nitrogen and oxygen atoms in total. The van der Waals surface area contributed by atoms with Gasteiger partial charge in [0.25, 0.3) is 0 Å². The number of ether oxygens (including phenoxy) is 1. The monoisotopic (exact) mass is 336 g/mol. The van der Waals surface area contributed by atoms with E-state index in [4.69, 9.17) is 4.74 Å². The summed E-state index contributed by atoms with van der Waals surface area (Å²) >= 11 is 0. The van der Waals surface area contributed by atoms with E-state index in [-0.39, 0.29) is 16.8 Å². The summed E-state index contributed by atoms with van der Waals surface area (Å²) in [4.78, 5) is 23.2. The second-order valence-corrected chi connectivity index (χ2v) is 8.10. The topological polar surface area (TPSA) is 43.4 Å². The summed E-state index contributed by atoms with van der Waals surface area (Å²) in [5.41, 5.74) is 3.83. The third kappa shape index (κ3) is 3.37. The van der Waals surface area contributed by atoms with Crippen LogP contribution >= 0.6 is 0 Å². The molecule has 0 heterocycles. The average molecular weight is 336 g/mol. The summed E-state index contributed by atoms with van der Waals surface area (Å²) in [6.45, 7) is 8.98. The number of hydrogen-bond acceptors (Lipinski definition) is 3. The molecule has 3 heteroatoms. The van der Waals surface area contributed by atoms with Crippen molar-refractivity contribution in [3.05, 3.63) is 64.7 Å². The van der Waals surface area contributed by atoms with E-state index in [1.807, 2.05) is 12.1 Å². The molecule has 0 saturated heterocycles. The quantitative estimate of drug-likeness (QED) is 0.446. The molecule has 1 aliphatic rings. The number of hydrogen-bond donors (Lipinski definition) is 0. The van der Waals surface area contributed by atoms with Crippen LogP contribution in [0.4, 0.5) is 0 Å². The number of esters is 1. The Morgan fingerprint density at radius 3 is 2.12 bits per heavy atom. The van der Waals surface area contributed by atoms with Gasteiger partial charge in [-0.25, -0.2) is 4.79 Å². The standard InChI is InChI=1S/C22H24O3/c1-21(2)11-12-22(3,4)19-13-16(7-10-18(19)21)20(24)25-17-8-5-15(14-23)6-9-17/h5-10,13-14H,11-12H2,1-4H3. The van der Waals surface area contributed by atoms with Crippen LogP contribution < -0.4 is 4.74 Å². The third-order valence-corrected chi connectivity index (χ3v) is 5.32. The lowest BCUT2D eigenvalue weighted by Crippen LogP contribution is -2.34. The highest BCUT2D eigenvalue weighted by Crippen LogP contribution is 2.45. The molecule has 2 aromatic rings. The van der Waals surface area contributed by atoms with Crippen LogP contribution in [0, 0.1) is 0 Å². The van der Waals surface area contributed by atoms with Crippen molar-refractivity contribution in [1.29, 1.82) is 0 Å². The van der Waals surface area contributed by atoms with Gasteiger partial charge in [0.1, 0.15) is 12.0 Å². The van der Waals surface area contributed by atoms with E-state index >= 15 is 0 Å². The Bertz CT molecular complexity index is 814. The molecular weight excluding hydrogens is 312 g/mol. The second kappa shape index (κ2) is 6.14. The lowest BCUT2D eigenvalue weighted by Gasteiger charge is -2.41. The molecule has 3 rings (SSSR count). The summed E-state index contributed by atoms with van der Waals surface area (Å²) in [5.74, 6) is 0.0637. The molecule has 0 atom stereocenters. The molecule has 130 valence electrons. The normalized spacial score (nSPS) is 17.4. The van der Waals surface area contributed by atoms with Crippen molar-refractivity contribution in [3.8, 4) is 5.75 Å². The van der Waals surface area contributed by atoms with E-state index in [0.29, 0.717) is 16.9 Å². The molecule has 0 unspecified atom stereocenters. The maximum Gasteiger partial charge on any atom is 0.343 e. The molecule has 0 N–H and O–H groups in total. The van der Waals surface area contributed by atoms with E-state index < -0.39 is 0 Å². The van der Waals surface area contributed by atoms with Crippen molar-refractivity contribution < 1.29 is 14.3 Å². The first kappa shape index (κ1) is 17.4. The molecule has 2 aromatic carbocycles. The van der Waals surface area contributed by atoms with Gasteiger partial charge in [-0.2, -0.15) is 0 Å². The first-order valence-corrected chi connectivity index (χ1v) is 8.65. The van der Waals surface area contributed by atoms with Crippen molar-refractivity contribution in [2.45, 2.75) is 51.4 Å². The van der Waals surface area contributed by atoms with Gasteiger partial charge < -0.3 is 4.74 Å². The average Bonchev–Trinajstić information content (AvgIpc) is 2.59. The number of carbonyl (C=O) groups excluding carboxylic acids is 2. The predicted octanol–water partition coefficient (Wildman–Crippen LogP) is 5.07. The maximum absolute atomic E-state index is 12.5. The second-order valence-electron chi connectivity index (χ2n) is 8.10. The lowest BCUT2D eigenvalue weighted by molar-refractivity contribution is 0.0734. The van der Waals surface area contributed by atoms with Gasteiger partial charge in [-0.15, -0.1) is 0 Å². The maximum atomic E-state index is 12.5. The lowest BCUT2D eigenvalue weighted by atomic mass is 9.63. The van der Waals surface area contributed by atoms with Crippen molar-refractivity contribution in [2.75, 3.05) is 0 Å². The van der Waals surface area contributed by atoms with Crippen molar-refractivity contribution in [1.82, 2.24) is 0 Å². The van der Waals surface area contributed by atoms with Gasteiger partial charge in [-0.1, -0.05) is 33.8 Å². The Labute approximate surface area is 149 Å². The van der Waals surface area contributed by atoms with Crippen LogP contribution in [0.25, 0.3) is 0 Å². The van der Waals surface area contributed by atoms with E-state index in [9.17, 15) is 9.59 Å². The highest BCUT2D eigenvalue weighted by molar-refractivity contribution is 5.91. The number of fused-ring (bicyclic) bond motifs is 1. The van der Waals surface area contributed by atoms with Gasteiger partial charge in [-0.05, 0) is 71.2 Å². The van der Waals surface area contributed by atoms with E-state index in [1.165, 1.54) is 11.1 Å². The van der Waals surface area contributed by atoms with Gasteiger partial charge >= 0.3 is 5.97 Å². The van der Waals surface area contributed by atoms with E-state index in [2.05, 4.69) is 33.8 Å². The van der Waals surface area contributed by atoms with E-state index in [1.54, 1.807) is 24.3 Å². The predicted molar refractivity (Wildman–Crippen MR) is 98.5 cm³/mol. The largest absolute Gasteiger partial charge is 0.423 e. The fraction of sp³-hybridized carbons (Fsp3) is 0.364. The number of benzene rings is 2. The summed E-state index contributed by atoms with van der Waals surface area (Å²) < 4.78 is 5.46. The van der Waals surface area contributed by atoms with Crippen LogP contribution in [0.5, 0.6) is 5.75 Å². The zero-order valence-electron chi connectivity index (χ0n) is 15.3. The van der Waals surface area contributed by atoms with Crippen molar-refractivity contribution in [2.24, 2.45) is 0 Å². The Morgan fingerprint density at radius 2 is 1.52 bits per heavy atom. The Morgan fingerprint density at radius 1 is 0.920 bits per heavy atom. The Hall–Kier alpha value is -2.42. The summed E-state index contributed by atoms with van der Waals surface area (Å²) in [7, 11) is 0. The summed E-state index contributed by atoms with van der Waals surface area (Å²) in [6, 6.07) is 12.4. The minimum absolute atomic E-state index is 0.0484. The molecule has 1 aliphatic carbocycles. The summed E-state index contributed by atoms with van der Waals surface area (Å²) in [5, 5.41) is 0. The van der Waals surface area contributed by atoms with Crippen LogP contribution in [-0.2, 0) is 10.8 Å². The molecule has 0 bridgehead atoms. The Balaban J connectivity index is 1.90. The van der Waals surface area contributed by atoms with Crippen molar-refractivity contribution in [3.63, 3.8) is 0 Å². The van der Waals surface area contributed by atoms with Crippen LogP contribution in [0.2, 0.25) is 0 Å². The number of rotatable bonds is 3. The summed E-state index contributed by atoms with van der Waals surface area (Å²) in [6.07, 6.45) is 3.00. The van der Waals surface area contributed by atoms with E-state index in [0.717, 1.165) is 19.1 Å². The first-order valence-electron chi connectivity index (χ1n) is 8.65. The van der Waals surface area contributed by atoms with Gasteiger partial charge in [0.15, 0.2) is 0 Å². The third-order valence-electron chi connectivity index (χ3n) is 5.32. The molecular formula is C22H24O3. The molecule has 0 spiro atoms. The molecule has 0 aliphatic heterocycles. The zero-order chi connectivity index (χ0) is 18.2. The van der Waals surface area contributed by atoms with Crippen LogP contribution in [-0.4, -0.2) is 12.3 Å². The zero-order valence-corrected chi connectivity index (χ0v) is 15.3. The molecule has 0 fully saturated rings. The highest BCUT2D eigenvalue weighted by Gasteiger charge is 2.37.